The molecule has 8 nitrogen and oxygen atoms in total. The summed E-state index contributed by atoms with van der Waals surface area (Å²) in [7, 11) is 0. The fraction of sp³-hybridized carbons (Fsp3) is 0.231. The molecule has 9 heteroatoms. The Bertz CT molecular complexity index is 718. The highest BCUT2D eigenvalue weighted by atomic mass is 32.1. The number of fused-ring (bicyclic) bond motifs is 1. The minimum Gasteiger partial charge on any atom is -0.477 e. The van der Waals surface area contributed by atoms with Gasteiger partial charge in [-0.25, -0.2) is 9.97 Å². The average molecular weight is 319 g/mol. The van der Waals surface area contributed by atoms with Crippen LogP contribution in [0.3, 0.4) is 0 Å². The standard InChI is InChI=1S/C13H13N5O3S/c1-7-12(20)18(6-10(19)17-13-15-4-5-22-13)11-8(21-7)2-3-9(14)16-11/h2-5,7H,6H2,1H3,(H2,14,16)(H,15,17,19). The van der Waals surface area contributed by atoms with Crippen LogP contribution in [0.15, 0.2) is 23.7 Å². The largest absolute Gasteiger partial charge is 0.477 e. The highest BCUT2D eigenvalue weighted by Crippen LogP contribution is 2.32. The summed E-state index contributed by atoms with van der Waals surface area (Å²) in [6.45, 7) is 1.43. The SMILES string of the molecule is CC1Oc2ccc(N)nc2N(CC(=O)Nc2nccs2)C1=O. The summed E-state index contributed by atoms with van der Waals surface area (Å²) in [6.07, 6.45) is 0.894. The number of anilines is 3. The summed E-state index contributed by atoms with van der Waals surface area (Å²) in [5, 5.41) is 4.84. The van der Waals surface area contributed by atoms with Gasteiger partial charge in [-0.2, -0.15) is 0 Å². The predicted octanol–water partition coefficient (Wildman–Crippen LogP) is 0.873. The zero-order valence-corrected chi connectivity index (χ0v) is 12.5. The second-order valence-electron chi connectivity index (χ2n) is 4.63. The molecule has 2 aromatic rings. The van der Waals surface area contributed by atoms with Gasteiger partial charge in [0, 0.05) is 11.6 Å². The maximum absolute atomic E-state index is 12.3. The Morgan fingerprint density at radius 2 is 2.36 bits per heavy atom. The summed E-state index contributed by atoms with van der Waals surface area (Å²) in [4.78, 5) is 33.7. The van der Waals surface area contributed by atoms with Crippen molar-refractivity contribution in [3.63, 3.8) is 0 Å². The highest BCUT2D eigenvalue weighted by molar-refractivity contribution is 7.13. The molecule has 0 bridgehead atoms. The molecule has 1 aliphatic rings. The number of amides is 2. The maximum atomic E-state index is 12.3. The van der Waals surface area contributed by atoms with Gasteiger partial charge in [-0.3, -0.25) is 14.5 Å². The van der Waals surface area contributed by atoms with E-state index in [4.69, 9.17) is 10.5 Å². The van der Waals surface area contributed by atoms with Crippen LogP contribution in [-0.4, -0.2) is 34.4 Å². The number of rotatable bonds is 3. The first-order valence-corrected chi connectivity index (χ1v) is 7.36. The third-order valence-electron chi connectivity index (χ3n) is 3.01. The monoisotopic (exact) mass is 319 g/mol. The number of nitrogen functional groups attached to an aromatic ring is 1. The van der Waals surface area contributed by atoms with Gasteiger partial charge in [0.2, 0.25) is 5.91 Å². The lowest BCUT2D eigenvalue weighted by molar-refractivity contribution is -0.127. The molecule has 114 valence electrons. The summed E-state index contributed by atoms with van der Waals surface area (Å²) >= 11 is 1.30. The van der Waals surface area contributed by atoms with Crippen LogP contribution in [-0.2, 0) is 9.59 Å². The molecule has 0 radical (unpaired) electrons. The maximum Gasteiger partial charge on any atom is 0.269 e. The first kappa shape index (κ1) is 14.3. The molecule has 0 aliphatic carbocycles. The number of nitrogens with zero attached hydrogens (tertiary/aromatic N) is 3. The van der Waals surface area contributed by atoms with Crippen LogP contribution in [0.2, 0.25) is 0 Å². The average Bonchev–Trinajstić information content (AvgIpc) is 2.97. The van der Waals surface area contributed by atoms with Gasteiger partial charge in [0.15, 0.2) is 22.8 Å². The van der Waals surface area contributed by atoms with E-state index in [2.05, 4.69) is 15.3 Å². The van der Waals surface area contributed by atoms with Crippen molar-refractivity contribution < 1.29 is 14.3 Å². The first-order valence-electron chi connectivity index (χ1n) is 6.48. The number of aromatic nitrogens is 2. The van der Waals surface area contributed by atoms with E-state index in [9.17, 15) is 9.59 Å². The molecule has 1 unspecified atom stereocenters. The number of thiazole rings is 1. The number of ether oxygens (including phenoxy) is 1. The van der Waals surface area contributed by atoms with Gasteiger partial charge in [0.05, 0.1) is 0 Å². The number of hydrogen-bond donors (Lipinski definition) is 2. The lowest BCUT2D eigenvalue weighted by Crippen LogP contribution is -2.48. The van der Waals surface area contributed by atoms with Gasteiger partial charge in [0.25, 0.3) is 5.91 Å². The summed E-state index contributed by atoms with van der Waals surface area (Å²) in [6, 6.07) is 3.21. The van der Waals surface area contributed by atoms with Crippen molar-refractivity contribution in [1.82, 2.24) is 9.97 Å². The minimum atomic E-state index is -0.689. The van der Waals surface area contributed by atoms with Crippen molar-refractivity contribution in [2.45, 2.75) is 13.0 Å². The van der Waals surface area contributed by atoms with Gasteiger partial charge in [-0.1, -0.05) is 0 Å². The Balaban J connectivity index is 1.84. The van der Waals surface area contributed by atoms with E-state index < -0.39 is 6.10 Å². The van der Waals surface area contributed by atoms with Crippen molar-refractivity contribution in [2.24, 2.45) is 0 Å². The Labute approximate surface area is 129 Å². The molecule has 0 saturated carbocycles. The van der Waals surface area contributed by atoms with Crippen LogP contribution >= 0.6 is 11.3 Å². The van der Waals surface area contributed by atoms with Crippen LogP contribution < -0.4 is 20.7 Å². The molecule has 1 aliphatic heterocycles. The number of carbonyl (C=O) groups is 2. The smallest absolute Gasteiger partial charge is 0.269 e. The molecule has 2 amide bonds. The molecule has 1 atom stereocenters. The van der Waals surface area contributed by atoms with Gasteiger partial charge in [-0.15, -0.1) is 11.3 Å². The van der Waals surface area contributed by atoms with E-state index >= 15 is 0 Å². The van der Waals surface area contributed by atoms with Crippen molar-refractivity contribution >= 4 is 39.9 Å². The molecule has 0 saturated heterocycles. The summed E-state index contributed by atoms with van der Waals surface area (Å²) < 4.78 is 5.47. The van der Waals surface area contributed by atoms with Crippen LogP contribution in [0.5, 0.6) is 5.75 Å². The first-order chi connectivity index (χ1) is 10.5. The quantitative estimate of drug-likeness (QED) is 0.868. The molecule has 22 heavy (non-hydrogen) atoms. The van der Waals surface area contributed by atoms with Crippen molar-refractivity contribution in [1.29, 1.82) is 0 Å². The molecule has 3 rings (SSSR count). The topological polar surface area (TPSA) is 110 Å². The Kier molecular flexibility index (Phi) is 3.63. The zero-order valence-electron chi connectivity index (χ0n) is 11.6. The van der Waals surface area contributed by atoms with Gasteiger partial charge < -0.3 is 15.8 Å². The molecular formula is C13H13N5O3S. The summed E-state index contributed by atoms with van der Waals surface area (Å²) in [5.74, 6) is 0.197. The van der Waals surface area contributed by atoms with Crippen LogP contribution in [0.4, 0.5) is 16.8 Å². The number of nitrogens with two attached hydrogens (primary N) is 1. The minimum absolute atomic E-state index is 0.185. The highest BCUT2D eigenvalue weighted by Gasteiger charge is 2.34. The number of pyridine rings is 1. The van der Waals surface area contributed by atoms with Gasteiger partial charge in [-0.05, 0) is 19.1 Å². The van der Waals surface area contributed by atoms with Crippen molar-refractivity contribution in [3.8, 4) is 5.75 Å². The zero-order chi connectivity index (χ0) is 15.7. The molecule has 0 fully saturated rings. The van der Waals surface area contributed by atoms with Crippen molar-refractivity contribution in [2.75, 3.05) is 22.5 Å². The van der Waals surface area contributed by atoms with Crippen molar-refractivity contribution in [3.05, 3.63) is 23.7 Å². The third kappa shape index (κ3) is 2.70. The molecule has 2 aromatic heterocycles. The summed E-state index contributed by atoms with van der Waals surface area (Å²) in [5.41, 5.74) is 5.65. The Morgan fingerprint density at radius 3 is 3.09 bits per heavy atom. The Hall–Kier alpha value is -2.68. The van der Waals surface area contributed by atoms with Crippen LogP contribution in [0.1, 0.15) is 6.92 Å². The van der Waals surface area contributed by atoms with Crippen LogP contribution in [0, 0.1) is 0 Å². The van der Waals surface area contributed by atoms with E-state index in [1.807, 2.05) is 0 Å². The fourth-order valence-corrected chi connectivity index (χ4v) is 2.59. The Morgan fingerprint density at radius 1 is 1.55 bits per heavy atom. The molecule has 0 spiro atoms. The number of carbonyl (C=O) groups excluding carboxylic acids is 2. The second-order valence-corrected chi connectivity index (χ2v) is 5.52. The fourth-order valence-electron chi connectivity index (χ4n) is 2.04. The third-order valence-corrected chi connectivity index (χ3v) is 3.70. The number of hydrogen-bond acceptors (Lipinski definition) is 7. The molecular weight excluding hydrogens is 306 g/mol. The normalized spacial score (nSPS) is 16.9. The molecule has 3 N–H and O–H groups in total. The lowest BCUT2D eigenvalue weighted by atomic mass is 10.2. The number of nitrogens with one attached hydrogen (secondary N) is 1. The van der Waals surface area contributed by atoms with E-state index in [1.165, 1.54) is 16.2 Å². The van der Waals surface area contributed by atoms with E-state index in [-0.39, 0.29) is 30.0 Å². The van der Waals surface area contributed by atoms with Gasteiger partial charge in [0.1, 0.15) is 12.4 Å². The second kappa shape index (κ2) is 5.60. The lowest BCUT2D eigenvalue weighted by Gasteiger charge is -2.31. The van der Waals surface area contributed by atoms with E-state index in [0.29, 0.717) is 10.9 Å². The predicted molar refractivity (Wildman–Crippen MR) is 81.8 cm³/mol. The van der Waals surface area contributed by atoms with Gasteiger partial charge >= 0.3 is 0 Å². The molecule has 0 aromatic carbocycles. The van der Waals surface area contributed by atoms with Crippen LogP contribution in [0.25, 0.3) is 0 Å². The van der Waals surface area contributed by atoms with E-state index in [1.54, 1.807) is 30.6 Å². The van der Waals surface area contributed by atoms with E-state index in [0.717, 1.165) is 0 Å². The molecule has 3 heterocycles.